The van der Waals surface area contributed by atoms with Gasteiger partial charge >= 0.3 is 15.6 Å². The first-order valence-electron chi connectivity index (χ1n) is 1.40. The lowest BCUT2D eigenvalue weighted by molar-refractivity contribution is 0.222. The molecule has 4 N–H and O–H groups in total. The largest absolute Gasteiger partial charge is 0.473 e. The van der Waals surface area contributed by atoms with Gasteiger partial charge in [-0.25, -0.2) is 9.93 Å². The second-order valence-electron chi connectivity index (χ2n) is 0.798. The molecular weight excluding hydrogens is 170 g/mol. The van der Waals surface area contributed by atoms with E-state index in [-0.39, 0.29) is 0 Å². The van der Waals surface area contributed by atoms with Crippen LogP contribution in [0, 0.1) is 0 Å². The molecule has 6 nitrogen and oxygen atoms in total. The van der Waals surface area contributed by atoms with Crippen molar-refractivity contribution in [1.29, 1.82) is 0 Å². The third-order valence-corrected chi connectivity index (χ3v) is 0. The maximum absolute atomic E-state index is 8.97. The van der Waals surface area contributed by atoms with E-state index in [0.29, 0.717) is 0 Å². The Hall–Kier alpha value is -0.310. The highest BCUT2D eigenvalue weighted by Crippen LogP contribution is 1.66. The van der Waals surface area contributed by atoms with E-state index in [1.54, 1.807) is 0 Å². The van der Waals surface area contributed by atoms with E-state index < -0.39 is 15.6 Å². The zero-order valence-electron chi connectivity index (χ0n) is 4.05. The highest BCUT2D eigenvalue weighted by molar-refractivity contribution is 7.96. The Balaban J connectivity index is 0. The van der Waals surface area contributed by atoms with Crippen LogP contribution >= 0.6 is 12.6 Å². The van der Waals surface area contributed by atoms with Crippen LogP contribution in [0.2, 0.25) is 0 Å². The van der Waals surface area contributed by atoms with Crippen LogP contribution in [-0.4, -0.2) is 23.4 Å². The van der Waals surface area contributed by atoms with Gasteiger partial charge in [0.2, 0.25) is 0 Å². The Morgan fingerprint density at radius 3 is 1.56 bits per heavy atom. The molecule has 0 unspecified atom stereocenters. The van der Waals surface area contributed by atoms with Gasteiger partial charge in [-0.2, -0.15) is 8.42 Å². The Morgan fingerprint density at radius 2 is 1.56 bits per heavy atom. The molecule has 0 aliphatic carbocycles. The summed E-state index contributed by atoms with van der Waals surface area (Å²) in [5, 5.41) is 10.0. The molecule has 0 aromatic carbocycles. The summed E-state index contributed by atoms with van der Waals surface area (Å²) in [6.07, 6.45) is 0. The molecular formula is CH5NO5S2. The average molecular weight is 175 g/mol. The summed E-state index contributed by atoms with van der Waals surface area (Å²) < 4.78 is 25.2. The van der Waals surface area contributed by atoms with Crippen molar-refractivity contribution in [2.24, 2.45) is 5.14 Å². The minimum atomic E-state index is -4.17. The Kier molecular flexibility index (Phi) is 5.81. The van der Waals surface area contributed by atoms with E-state index in [0.717, 1.165) is 0 Å². The fraction of sp³-hybridized carbons (Fsp3) is 0. The predicted molar refractivity (Wildman–Crippen MR) is 32.7 cm³/mol. The molecule has 0 bridgehead atoms. The lowest BCUT2D eigenvalue weighted by Gasteiger charge is -1.70. The van der Waals surface area contributed by atoms with Crippen LogP contribution in [0.25, 0.3) is 0 Å². The second kappa shape index (κ2) is 4.56. The smallest absolute Gasteiger partial charge is 0.361 e. The molecule has 0 aromatic heterocycles. The van der Waals surface area contributed by atoms with Gasteiger partial charge in [0.15, 0.2) is 0 Å². The molecule has 0 heterocycles. The summed E-state index contributed by atoms with van der Waals surface area (Å²) in [6.45, 7) is 0. The van der Waals surface area contributed by atoms with Crippen molar-refractivity contribution in [3.8, 4) is 0 Å². The summed E-state index contributed by atoms with van der Waals surface area (Å²) in [7, 11) is -4.17. The molecule has 0 rings (SSSR count). The molecule has 0 radical (unpaired) electrons. The molecule has 9 heavy (non-hydrogen) atoms. The zero-order valence-corrected chi connectivity index (χ0v) is 5.76. The third kappa shape index (κ3) is 2590. The number of thiol groups is 1. The number of carboxylic acid groups (broad SMARTS) is 1. The quantitative estimate of drug-likeness (QED) is 0.288. The summed E-state index contributed by atoms with van der Waals surface area (Å²) in [5.74, 6) is 0. The Morgan fingerprint density at radius 1 is 1.56 bits per heavy atom. The van der Waals surface area contributed by atoms with Gasteiger partial charge in [-0.05, 0) is 0 Å². The fourth-order valence-electron chi connectivity index (χ4n) is 0. The molecule has 8 heteroatoms. The molecule has 0 saturated heterocycles. The highest BCUT2D eigenvalue weighted by atomic mass is 32.2. The first kappa shape index (κ1) is 11.5. The van der Waals surface area contributed by atoms with E-state index in [9.17, 15) is 0 Å². The van der Waals surface area contributed by atoms with Gasteiger partial charge in [-0.1, -0.05) is 12.6 Å². The normalized spacial score (nSPS) is 9.22. The number of hydrogen-bond donors (Lipinski definition) is 4. The van der Waals surface area contributed by atoms with Crippen molar-refractivity contribution in [2.75, 3.05) is 0 Å². The van der Waals surface area contributed by atoms with E-state index in [1.165, 1.54) is 0 Å². The summed E-state index contributed by atoms with van der Waals surface area (Å²) in [6, 6.07) is 0. The summed E-state index contributed by atoms with van der Waals surface area (Å²) in [5.41, 5.74) is 0. The minimum absolute atomic E-state index is 1.14. The van der Waals surface area contributed by atoms with E-state index >= 15 is 0 Å². The molecule has 0 aromatic rings. The lowest BCUT2D eigenvalue weighted by atomic mass is 11.6. The number of hydrogen-bond acceptors (Lipinski definition) is 3. The van der Waals surface area contributed by atoms with Gasteiger partial charge in [-0.15, -0.1) is 0 Å². The van der Waals surface area contributed by atoms with Gasteiger partial charge in [0.1, 0.15) is 0 Å². The minimum Gasteiger partial charge on any atom is -0.473 e. The molecule has 0 saturated carbocycles. The van der Waals surface area contributed by atoms with Crippen molar-refractivity contribution in [3.63, 3.8) is 0 Å². The summed E-state index contributed by atoms with van der Waals surface area (Å²) >= 11 is 2.88. The van der Waals surface area contributed by atoms with Crippen molar-refractivity contribution < 1.29 is 22.9 Å². The molecule has 0 spiro atoms. The Bertz CT molecular complexity index is 157. The van der Waals surface area contributed by atoms with Crippen molar-refractivity contribution in [1.82, 2.24) is 0 Å². The van der Waals surface area contributed by atoms with Crippen LogP contribution in [0.1, 0.15) is 0 Å². The van der Waals surface area contributed by atoms with Crippen molar-refractivity contribution in [3.05, 3.63) is 0 Å². The molecule has 0 atom stereocenters. The maximum atomic E-state index is 8.97. The SMILES string of the molecule is NS(=O)(=O)O.O=C(O)S. The maximum Gasteiger partial charge on any atom is 0.361 e. The van der Waals surface area contributed by atoms with Gasteiger partial charge in [0.05, 0.1) is 0 Å². The first-order chi connectivity index (χ1) is 3.73. The highest BCUT2D eigenvalue weighted by Gasteiger charge is 1.81. The van der Waals surface area contributed by atoms with Gasteiger partial charge in [0, 0.05) is 0 Å². The lowest BCUT2D eigenvalue weighted by Crippen LogP contribution is -2.08. The standard InChI is InChI=1S/CH2O2S.H3NO3S/c2-1(3)4;1-5(2,3)4/h4H,(H,2,3);(H3,1,2,3,4). The van der Waals surface area contributed by atoms with Crippen LogP contribution in [-0.2, 0) is 10.3 Å². The van der Waals surface area contributed by atoms with Gasteiger partial charge in [-0.3, -0.25) is 4.55 Å². The summed E-state index contributed by atoms with van der Waals surface area (Å²) in [4.78, 5) is 8.86. The van der Waals surface area contributed by atoms with Gasteiger partial charge in [0.25, 0.3) is 0 Å². The van der Waals surface area contributed by atoms with Crippen LogP contribution in [0.5, 0.6) is 0 Å². The first-order valence-corrected chi connectivity index (χ1v) is 3.35. The second-order valence-corrected chi connectivity index (χ2v) is 2.21. The number of nitrogens with two attached hydrogens (primary N) is 1. The third-order valence-electron chi connectivity index (χ3n) is 0. The van der Waals surface area contributed by atoms with Gasteiger partial charge < -0.3 is 5.11 Å². The molecule has 0 aliphatic heterocycles. The van der Waals surface area contributed by atoms with Crippen molar-refractivity contribution >= 4 is 28.2 Å². The molecule has 56 valence electrons. The van der Waals surface area contributed by atoms with Crippen LogP contribution < -0.4 is 5.14 Å². The van der Waals surface area contributed by atoms with Crippen LogP contribution in [0.4, 0.5) is 4.79 Å². The number of carbonyl (C=O) groups is 1. The van der Waals surface area contributed by atoms with E-state index in [2.05, 4.69) is 17.8 Å². The molecule has 0 amide bonds. The van der Waals surface area contributed by atoms with E-state index in [4.69, 9.17) is 22.9 Å². The van der Waals surface area contributed by atoms with Crippen LogP contribution in [0.3, 0.4) is 0 Å². The topological polar surface area (TPSA) is 118 Å². The van der Waals surface area contributed by atoms with Crippen LogP contribution in [0.15, 0.2) is 0 Å². The Labute approximate surface area is 57.0 Å². The average Bonchev–Trinajstić information content (AvgIpc) is 1.19. The monoisotopic (exact) mass is 175 g/mol. The molecule has 0 aliphatic rings. The zero-order chi connectivity index (χ0) is 8.08. The number of rotatable bonds is 0. The fourth-order valence-corrected chi connectivity index (χ4v) is 0. The molecule has 0 fully saturated rings. The van der Waals surface area contributed by atoms with Crippen molar-refractivity contribution in [2.45, 2.75) is 0 Å². The predicted octanol–water partition coefficient (Wildman–Crippen LogP) is -0.658. The van der Waals surface area contributed by atoms with E-state index in [1.807, 2.05) is 0 Å².